The van der Waals surface area contributed by atoms with Crippen molar-refractivity contribution in [3.8, 4) is 0 Å². The van der Waals surface area contributed by atoms with Crippen molar-refractivity contribution in [3.63, 3.8) is 0 Å². The molecule has 2 N–H and O–H groups in total. The number of rotatable bonds is 6. The molecule has 3 nitrogen and oxygen atoms in total. The van der Waals surface area contributed by atoms with E-state index in [1.807, 2.05) is 30.3 Å². The lowest BCUT2D eigenvalue weighted by Crippen LogP contribution is -2.46. The molecule has 5 heteroatoms. The third kappa shape index (κ3) is 5.25. The zero-order valence-corrected chi connectivity index (χ0v) is 13.3. The van der Waals surface area contributed by atoms with Crippen LogP contribution in [0.25, 0.3) is 0 Å². The van der Waals surface area contributed by atoms with Crippen LogP contribution in [0.15, 0.2) is 59.5 Å². The highest BCUT2D eigenvalue weighted by molar-refractivity contribution is 7.85. The lowest BCUT2D eigenvalue weighted by Gasteiger charge is -2.24. The second-order valence-electron chi connectivity index (χ2n) is 5.06. The molecule has 0 bridgehead atoms. The van der Waals surface area contributed by atoms with Crippen molar-refractivity contribution in [2.75, 3.05) is 5.75 Å². The van der Waals surface area contributed by atoms with Gasteiger partial charge in [-0.25, -0.2) is 0 Å². The van der Waals surface area contributed by atoms with Gasteiger partial charge in [-0.15, -0.1) is 0 Å². The highest BCUT2D eigenvalue weighted by Gasteiger charge is 2.23. The van der Waals surface area contributed by atoms with Gasteiger partial charge in [0.2, 0.25) is 0 Å². The molecule has 0 fully saturated rings. The first-order valence-electron chi connectivity index (χ1n) is 6.61. The molecule has 0 aliphatic carbocycles. The van der Waals surface area contributed by atoms with E-state index in [2.05, 4.69) is 5.32 Å². The Bertz CT molecular complexity index is 599. The van der Waals surface area contributed by atoms with Gasteiger partial charge in [0, 0.05) is 16.5 Å². The Morgan fingerprint density at radius 1 is 1.14 bits per heavy atom. The average molecular weight is 324 g/mol. The molecule has 112 valence electrons. The number of nitrogens with one attached hydrogen (secondary N) is 1. The summed E-state index contributed by atoms with van der Waals surface area (Å²) >= 11 is 5.81. The third-order valence-electron chi connectivity index (χ3n) is 3.00. The molecule has 0 saturated heterocycles. The minimum atomic E-state index is -1.29. The molecule has 0 spiro atoms. The topological polar surface area (TPSA) is 49.3 Å². The molecule has 2 rings (SSSR count). The van der Waals surface area contributed by atoms with E-state index in [-0.39, 0.29) is 5.75 Å². The Kier molecular flexibility index (Phi) is 5.53. The number of aliphatic hydroxyl groups is 1. The smallest absolute Gasteiger partial charge is 0.125 e. The molecule has 21 heavy (non-hydrogen) atoms. The Morgan fingerprint density at radius 3 is 2.38 bits per heavy atom. The van der Waals surface area contributed by atoms with Crippen LogP contribution in [0.5, 0.6) is 0 Å². The summed E-state index contributed by atoms with van der Waals surface area (Å²) < 4.78 is 12.3. The number of benzene rings is 2. The van der Waals surface area contributed by atoms with Crippen molar-refractivity contribution in [1.29, 1.82) is 0 Å². The van der Waals surface area contributed by atoms with Crippen LogP contribution >= 0.6 is 11.6 Å². The van der Waals surface area contributed by atoms with Gasteiger partial charge in [-0.05, 0) is 36.8 Å². The number of hydrogen-bond acceptors (Lipinski definition) is 3. The van der Waals surface area contributed by atoms with Crippen LogP contribution in [-0.2, 0) is 17.3 Å². The summed E-state index contributed by atoms with van der Waals surface area (Å²) in [4.78, 5) is 0.654. The number of halogens is 1. The SMILES string of the molecule is CC(O)(CS(=O)c1ccc(Cl)cc1)NCc1ccccc1. The average Bonchev–Trinajstić information content (AvgIpc) is 2.46. The predicted octanol–water partition coefficient (Wildman–Crippen LogP) is 2.95. The normalized spacial score (nSPS) is 15.4. The van der Waals surface area contributed by atoms with E-state index in [0.29, 0.717) is 16.5 Å². The summed E-state index contributed by atoms with van der Waals surface area (Å²) in [7, 11) is -1.29. The van der Waals surface area contributed by atoms with E-state index >= 15 is 0 Å². The molecular weight excluding hydrogens is 306 g/mol. The van der Waals surface area contributed by atoms with Crippen molar-refractivity contribution < 1.29 is 9.32 Å². The van der Waals surface area contributed by atoms with Gasteiger partial charge >= 0.3 is 0 Å². The summed E-state index contributed by atoms with van der Waals surface area (Å²) in [5.41, 5.74) is -0.143. The zero-order chi connectivity index (χ0) is 15.3. The summed E-state index contributed by atoms with van der Waals surface area (Å²) in [5.74, 6) is 0.113. The minimum absolute atomic E-state index is 0.113. The lowest BCUT2D eigenvalue weighted by atomic mass is 10.2. The van der Waals surface area contributed by atoms with Gasteiger partial charge in [-0.2, -0.15) is 0 Å². The lowest BCUT2D eigenvalue weighted by molar-refractivity contribution is 0.0458. The third-order valence-corrected chi connectivity index (χ3v) is 4.88. The monoisotopic (exact) mass is 323 g/mol. The van der Waals surface area contributed by atoms with Crippen molar-refractivity contribution in [1.82, 2.24) is 5.32 Å². The first-order chi connectivity index (χ1) is 9.96. The Labute approximate surface area is 132 Å². The summed E-state index contributed by atoms with van der Waals surface area (Å²) in [6.07, 6.45) is 0. The summed E-state index contributed by atoms with van der Waals surface area (Å²) in [6.45, 7) is 2.15. The predicted molar refractivity (Wildman–Crippen MR) is 86.6 cm³/mol. The molecule has 0 aliphatic heterocycles. The zero-order valence-electron chi connectivity index (χ0n) is 11.8. The van der Waals surface area contributed by atoms with Gasteiger partial charge < -0.3 is 5.11 Å². The van der Waals surface area contributed by atoms with Crippen LogP contribution in [0, 0.1) is 0 Å². The fourth-order valence-electron chi connectivity index (χ4n) is 1.86. The standard InChI is InChI=1S/C16H18ClNO2S/c1-16(19,18-11-13-5-3-2-4-6-13)12-21(20)15-9-7-14(17)8-10-15/h2-10,18-19H,11-12H2,1H3. The maximum atomic E-state index is 12.3. The molecule has 2 atom stereocenters. The molecule has 2 aromatic rings. The second kappa shape index (κ2) is 7.18. The van der Waals surface area contributed by atoms with Gasteiger partial charge in [0.15, 0.2) is 0 Å². The molecule has 0 saturated carbocycles. The highest BCUT2D eigenvalue weighted by Crippen LogP contribution is 2.15. The van der Waals surface area contributed by atoms with Crippen molar-refractivity contribution in [3.05, 3.63) is 65.2 Å². The Balaban J connectivity index is 1.93. The van der Waals surface area contributed by atoms with Crippen molar-refractivity contribution in [2.45, 2.75) is 24.1 Å². The molecule has 2 unspecified atom stereocenters. The van der Waals surface area contributed by atoms with Crippen LogP contribution in [0.3, 0.4) is 0 Å². The largest absolute Gasteiger partial charge is 0.375 e. The van der Waals surface area contributed by atoms with Gasteiger partial charge in [-0.3, -0.25) is 9.53 Å². The summed E-state index contributed by atoms with van der Waals surface area (Å²) in [6, 6.07) is 16.6. The molecule has 2 aromatic carbocycles. The van der Waals surface area contributed by atoms with Crippen molar-refractivity contribution >= 4 is 22.4 Å². The fourth-order valence-corrected chi connectivity index (χ4v) is 3.21. The molecule has 0 aromatic heterocycles. The van der Waals surface area contributed by atoms with Gasteiger partial charge in [0.1, 0.15) is 5.72 Å². The van der Waals surface area contributed by atoms with E-state index in [0.717, 1.165) is 5.56 Å². The van der Waals surface area contributed by atoms with Crippen molar-refractivity contribution in [2.24, 2.45) is 0 Å². The van der Waals surface area contributed by atoms with Crippen LogP contribution in [0.4, 0.5) is 0 Å². The van der Waals surface area contributed by atoms with Gasteiger partial charge in [0.05, 0.1) is 16.6 Å². The van der Waals surface area contributed by atoms with E-state index < -0.39 is 16.5 Å². The number of hydrogen-bond donors (Lipinski definition) is 2. The Morgan fingerprint density at radius 2 is 1.76 bits per heavy atom. The quantitative estimate of drug-likeness (QED) is 0.804. The highest BCUT2D eigenvalue weighted by atomic mass is 35.5. The molecule has 0 aliphatic rings. The van der Waals surface area contributed by atoms with Crippen LogP contribution in [0.1, 0.15) is 12.5 Å². The molecule has 0 amide bonds. The van der Waals surface area contributed by atoms with E-state index in [9.17, 15) is 9.32 Å². The van der Waals surface area contributed by atoms with E-state index in [4.69, 9.17) is 11.6 Å². The second-order valence-corrected chi connectivity index (χ2v) is 6.94. The molecule has 0 radical (unpaired) electrons. The summed E-state index contributed by atoms with van der Waals surface area (Å²) in [5, 5.41) is 14.0. The minimum Gasteiger partial charge on any atom is -0.375 e. The van der Waals surface area contributed by atoms with E-state index in [1.165, 1.54) is 0 Å². The van der Waals surface area contributed by atoms with Crippen LogP contribution < -0.4 is 5.32 Å². The first kappa shape index (κ1) is 16.2. The van der Waals surface area contributed by atoms with Crippen LogP contribution in [0.2, 0.25) is 5.02 Å². The molecule has 0 heterocycles. The maximum absolute atomic E-state index is 12.3. The maximum Gasteiger partial charge on any atom is 0.125 e. The van der Waals surface area contributed by atoms with Gasteiger partial charge in [0.25, 0.3) is 0 Å². The molecular formula is C16H18ClNO2S. The van der Waals surface area contributed by atoms with Gasteiger partial charge in [-0.1, -0.05) is 41.9 Å². The Hall–Kier alpha value is -1.20. The first-order valence-corrected chi connectivity index (χ1v) is 8.31. The fraction of sp³-hybridized carbons (Fsp3) is 0.250. The van der Waals surface area contributed by atoms with Crippen LogP contribution in [-0.4, -0.2) is 20.8 Å². The van der Waals surface area contributed by atoms with E-state index in [1.54, 1.807) is 31.2 Å².